The van der Waals surface area contributed by atoms with Crippen LogP contribution in [0.15, 0.2) is 23.1 Å². The fraction of sp³-hybridized carbons (Fsp3) is 0.500. The van der Waals surface area contributed by atoms with Gasteiger partial charge in [0.1, 0.15) is 0 Å². The molecule has 10 heteroatoms. The molecule has 4 N–H and O–H groups in total. The summed E-state index contributed by atoms with van der Waals surface area (Å²) in [5.41, 5.74) is 0.834. The van der Waals surface area contributed by atoms with Crippen LogP contribution in [0.25, 0.3) is 0 Å². The number of nitrogens with zero attached hydrogens (tertiary/aromatic N) is 1. The molecule has 0 atom stereocenters. The molecule has 144 valence electrons. The number of aliphatic carboxylic acids is 1. The van der Waals surface area contributed by atoms with E-state index in [1.807, 2.05) is 4.90 Å². The predicted octanol–water partition coefficient (Wildman–Crippen LogP) is 0.155. The van der Waals surface area contributed by atoms with E-state index in [4.69, 9.17) is 15.0 Å². The number of unbranched alkanes of at least 4 members (excludes halogenated alkanes) is 1. The molecule has 0 aliphatic carbocycles. The zero-order valence-electron chi connectivity index (χ0n) is 14.3. The molecule has 1 amide bonds. The highest BCUT2D eigenvalue weighted by Gasteiger charge is 2.21. The Morgan fingerprint density at radius 3 is 2.54 bits per heavy atom. The molecule has 1 aliphatic heterocycles. The number of hydrogen-bond donors (Lipinski definition) is 3. The first-order chi connectivity index (χ1) is 12.3. The molecule has 0 bridgehead atoms. The SMILES string of the molecule is NS(=O)(=O)c1ccc(N2CCOCC2)c(C(=O)NCCCCC(=O)O)c1. The summed E-state index contributed by atoms with van der Waals surface area (Å²) in [5, 5.41) is 16.5. The lowest BCUT2D eigenvalue weighted by atomic mass is 10.1. The van der Waals surface area contributed by atoms with Gasteiger partial charge in [0.15, 0.2) is 0 Å². The van der Waals surface area contributed by atoms with E-state index < -0.39 is 21.9 Å². The molecule has 1 aliphatic rings. The summed E-state index contributed by atoms with van der Waals surface area (Å²) in [5.74, 6) is -1.31. The number of anilines is 1. The molecule has 2 rings (SSSR count). The Labute approximate surface area is 152 Å². The number of amides is 1. The molecular weight excluding hydrogens is 362 g/mol. The summed E-state index contributed by atoms with van der Waals surface area (Å²) in [6.07, 6.45) is 0.999. The second-order valence-corrected chi connectivity index (χ2v) is 7.49. The van der Waals surface area contributed by atoms with Gasteiger partial charge in [0.05, 0.1) is 23.7 Å². The molecule has 0 unspecified atom stereocenters. The lowest BCUT2D eigenvalue weighted by Crippen LogP contribution is -2.38. The molecule has 0 radical (unpaired) electrons. The van der Waals surface area contributed by atoms with E-state index in [9.17, 15) is 18.0 Å². The molecule has 1 saturated heterocycles. The maximum absolute atomic E-state index is 12.6. The van der Waals surface area contributed by atoms with Crippen LogP contribution in [0.2, 0.25) is 0 Å². The number of carboxylic acid groups (broad SMARTS) is 1. The van der Waals surface area contributed by atoms with Gasteiger partial charge in [-0.05, 0) is 31.0 Å². The number of carbonyl (C=O) groups excluding carboxylic acids is 1. The number of nitrogens with two attached hydrogens (primary N) is 1. The number of benzene rings is 1. The predicted molar refractivity (Wildman–Crippen MR) is 94.7 cm³/mol. The Balaban J connectivity index is 2.16. The van der Waals surface area contributed by atoms with E-state index >= 15 is 0 Å². The fourth-order valence-corrected chi connectivity index (χ4v) is 3.19. The average Bonchev–Trinajstić information content (AvgIpc) is 2.60. The Hall–Kier alpha value is -2.17. The smallest absolute Gasteiger partial charge is 0.303 e. The maximum Gasteiger partial charge on any atom is 0.303 e. The number of morpholine rings is 1. The van der Waals surface area contributed by atoms with Crippen LogP contribution in [0.1, 0.15) is 29.6 Å². The van der Waals surface area contributed by atoms with Crippen LogP contribution in [0, 0.1) is 0 Å². The van der Waals surface area contributed by atoms with Crippen LogP contribution in [0.3, 0.4) is 0 Å². The van der Waals surface area contributed by atoms with Gasteiger partial charge in [0.2, 0.25) is 10.0 Å². The zero-order chi connectivity index (χ0) is 19.2. The molecule has 0 spiro atoms. The summed E-state index contributed by atoms with van der Waals surface area (Å²) in [7, 11) is -3.93. The largest absolute Gasteiger partial charge is 0.481 e. The summed E-state index contributed by atoms with van der Waals surface area (Å²) >= 11 is 0. The van der Waals surface area contributed by atoms with Gasteiger partial charge in [-0.3, -0.25) is 9.59 Å². The van der Waals surface area contributed by atoms with Crippen LogP contribution >= 0.6 is 0 Å². The fourth-order valence-electron chi connectivity index (χ4n) is 2.65. The lowest BCUT2D eigenvalue weighted by Gasteiger charge is -2.30. The number of sulfonamides is 1. The monoisotopic (exact) mass is 385 g/mol. The number of primary sulfonamides is 1. The summed E-state index contributed by atoms with van der Waals surface area (Å²) in [6, 6.07) is 4.22. The van der Waals surface area contributed by atoms with Crippen LogP contribution < -0.4 is 15.4 Å². The van der Waals surface area contributed by atoms with E-state index in [1.54, 1.807) is 6.07 Å². The van der Waals surface area contributed by atoms with E-state index in [2.05, 4.69) is 5.32 Å². The van der Waals surface area contributed by atoms with Gasteiger partial charge >= 0.3 is 5.97 Å². The van der Waals surface area contributed by atoms with E-state index in [0.717, 1.165) is 0 Å². The minimum absolute atomic E-state index is 0.0375. The summed E-state index contributed by atoms with van der Waals surface area (Å²) in [6.45, 7) is 2.52. The van der Waals surface area contributed by atoms with Gasteiger partial charge in [-0.2, -0.15) is 0 Å². The van der Waals surface area contributed by atoms with Crippen LogP contribution in [0.4, 0.5) is 5.69 Å². The molecule has 9 nitrogen and oxygen atoms in total. The number of carboxylic acids is 1. The van der Waals surface area contributed by atoms with Crippen molar-refractivity contribution in [3.05, 3.63) is 23.8 Å². The van der Waals surface area contributed by atoms with Crippen molar-refractivity contribution in [1.29, 1.82) is 0 Å². The molecule has 1 aromatic carbocycles. The molecule has 26 heavy (non-hydrogen) atoms. The molecule has 1 heterocycles. The maximum atomic E-state index is 12.6. The Morgan fingerprint density at radius 1 is 1.23 bits per heavy atom. The third kappa shape index (κ3) is 5.68. The second-order valence-electron chi connectivity index (χ2n) is 5.93. The van der Waals surface area contributed by atoms with Crippen molar-refractivity contribution in [2.75, 3.05) is 37.7 Å². The van der Waals surface area contributed by atoms with Crippen LogP contribution in [0.5, 0.6) is 0 Å². The van der Waals surface area contributed by atoms with E-state index in [1.165, 1.54) is 12.1 Å². The van der Waals surface area contributed by atoms with E-state index in [-0.39, 0.29) is 16.9 Å². The first-order valence-electron chi connectivity index (χ1n) is 8.28. The van der Waals surface area contributed by atoms with Crippen molar-refractivity contribution in [2.45, 2.75) is 24.2 Å². The highest BCUT2D eigenvalue weighted by atomic mass is 32.2. The van der Waals surface area contributed by atoms with Crippen molar-refractivity contribution >= 4 is 27.6 Å². The average molecular weight is 385 g/mol. The molecule has 0 saturated carbocycles. The van der Waals surface area contributed by atoms with Gasteiger partial charge in [0.25, 0.3) is 5.91 Å². The third-order valence-electron chi connectivity index (χ3n) is 4.00. The highest BCUT2D eigenvalue weighted by Crippen LogP contribution is 2.25. The number of rotatable bonds is 8. The van der Waals surface area contributed by atoms with Gasteiger partial charge < -0.3 is 20.1 Å². The number of ether oxygens (including phenoxy) is 1. The molecule has 1 aromatic rings. The second kappa shape index (κ2) is 8.97. The lowest BCUT2D eigenvalue weighted by molar-refractivity contribution is -0.137. The topological polar surface area (TPSA) is 139 Å². The van der Waals surface area contributed by atoms with E-state index in [0.29, 0.717) is 51.4 Å². The number of carbonyl (C=O) groups is 2. The van der Waals surface area contributed by atoms with Crippen LogP contribution in [-0.2, 0) is 19.6 Å². The highest BCUT2D eigenvalue weighted by molar-refractivity contribution is 7.89. The van der Waals surface area contributed by atoms with Crippen LogP contribution in [-0.4, -0.2) is 58.2 Å². The molecular formula is C16H23N3O6S. The Morgan fingerprint density at radius 2 is 1.92 bits per heavy atom. The molecule has 1 fully saturated rings. The Kier molecular flexibility index (Phi) is 6.95. The quantitative estimate of drug-likeness (QED) is 0.542. The van der Waals surface area contributed by atoms with Gasteiger partial charge in [-0.25, -0.2) is 13.6 Å². The minimum atomic E-state index is -3.93. The van der Waals surface area contributed by atoms with Crippen molar-refractivity contribution in [1.82, 2.24) is 5.32 Å². The van der Waals surface area contributed by atoms with Crippen molar-refractivity contribution in [2.24, 2.45) is 5.14 Å². The number of nitrogens with one attached hydrogen (secondary N) is 1. The Bertz CT molecular complexity index is 759. The first kappa shape index (κ1) is 20.1. The minimum Gasteiger partial charge on any atom is -0.481 e. The zero-order valence-corrected chi connectivity index (χ0v) is 15.1. The summed E-state index contributed by atoms with van der Waals surface area (Å²) < 4.78 is 28.5. The van der Waals surface area contributed by atoms with Gasteiger partial charge in [-0.1, -0.05) is 0 Å². The number of hydrogen-bond acceptors (Lipinski definition) is 6. The third-order valence-corrected chi connectivity index (χ3v) is 4.91. The van der Waals surface area contributed by atoms with Crippen molar-refractivity contribution < 1.29 is 27.9 Å². The molecule has 0 aromatic heterocycles. The van der Waals surface area contributed by atoms with Crippen molar-refractivity contribution in [3.8, 4) is 0 Å². The van der Waals surface area contributed by atoms with Gasteiger partial charge in [0, 0.05) is 31.7 Å². The normalized spacial score (nSPS) is 14.9. The standard InChI is InChI=1S/C16H23N3O6S/c17-26(23,24)12-4-5-14(19-7-9-25-10-8-19)13(11-12)16(22)18-6-2-1-3-15(20)21/h4-5,11H,1-3,6-10H2,(H,18,22)(H,20,21)(H2,17,23,24). The first-order valence-corrected chi connectivity index (χ1v) is 9.83. The van der Waals surface area contributed by atoms with Crippen molar-refractivity contribution in [3.63, 3.8) is 0 Å². The summed E-state index contributed by atoms with van der Waals surface area (Å²) in [4.78, 5) is 24.9. The van der Waals surface area contributed by atoms with Gasteiger partial charge in [-0.15, -0.1) is 0 Å².